The lowest BCUT2D eigenvalue weighted by molar-refractivity contribution is 0.479. The van der Waals surface area contributed by atoms with Gasteiger partial charge in [0.05, 0.1) is 49.4 Å². The minimum atomic E-state index is -1.91. The molecule has 246 valence electrons. The van der Waals surface area contributed by atoms with Gasteiger partial charge in [-0.25, -0.2) is 0 Å². The van der Waals surface area contributed by atoms with Crippen molar-refractivity contribution >= 4 is 61.6 Å². The fourth-order valence-corrected chi connectivity index (χ4v) is 6.65. The van der Waals surface area contributed by atoms with Gasteiger partial charge in [0.25, 0.3) is 0 Å². The van der Waals surface area contributed by atoms with Crippen LogP contribution in [0.1, 0.15) is 38.4 Å². The highest BCUT2D eigenvalue weighted by atomic mass is 16.5. The normalized spacial score (nSPS) is 20.2. The van der Waals surface area contributed by atoms with Crippen LogP contribution in [-0.2, 0) is 0 Å². The molecule has 2 aliphatic heterocycles. The summed E-state index contributed by atoms with van der Waals surface area (Å²) in [6.07, 6.45) is 0. The largest absolute Gasteiger partial charge is 0.551 e. The van der Waals surface area contributed by atoms with Gasteiger partial charge in [-0.05, 0) is 94.3 Å². The number of ether oxygens (including phenoxy) is 1. The summed E-state index contributed by atoms with van der Waals surface area (Å²) in [5, 5.41) is -1.77. The van der Waals surface area contributed by atoms with Crippen LogP contribution in [0.15, 0.2) is 174 Å². The number of nitrogens with zero attached hydrogens (tertiary/aromatic N) is 1. The molecule has 5 heteroatoms. The molecule has 0 N–H and O–H groups in total. The van der Waals surface area contributed by atoms with Crippen molar-refractivity contribution in [3.05, 3.63) is 169 Å². The molecular weight excluding hydrogens is 649 g/mol. The maximum absolute atomic E-state index is 10.1. The van der Waals surface area contributed by atoms with Crippen molar-refractivity contribution in [1.82, 2.24) is 4.57 Å². The summed E-state index contributed by atoms with van der Waals surface area (Å²) >= 11 is 0. The van der Waals surface area contributed by atoms with Gasteiger partial charge in [0.1, 0.15) is 28.4 Å². The van der Waals surface area contributed by atoms with E-state index in [0.29, 0.717) is 0 Å². The molecule has 8 aromatic carbocycles. The first kappa shape index (κ1) is 12.9. The second-order valence-corrected chi connectivity index (χ2v) is 11.8. The Labute approximate surface area is 344 Å². The molecule has 0 saturated carbocycles. The summed E-state index contributed by atoms with van der Waals surface area (Å²) in [4.78, 5) is 0. The quantitative estimate of drug-likeness (QED) is 0.172. The molecule has 0 fully saturated rings. The molecule has 53 heavy (non-hydrogen) atoms. The van der Waals surface area contributed by atoms with Crippen molar-refractivity contribution < 1.29 is 52.2 Å². The van der Waals surface area contributed by atoms with Gasteiger partial charge in [-0.2, -0.15) is 0 Å². The van der Waals surface area contributed by atoms with Crippen molar-refractivity contribution in [2.75, 3.05) is 0 Å². The molecule has 12 rings (SSSR count). The fraction of sp³-hybridized carbons (Fsp3) is 0. The lowest BCUT2D eigenvalue weighted by atomic mass is 9.50. The number of fused-ring (bicyclic) bond motifs is 10. The molecule has 0 atom stereocenters. The topological polar surface area (TPSA) is 36.5 Å². The zero-order valence-electron chi connectivity index (χ0n) is 54.2. The maximum atomic E-state index is 10.1. The third-order valence-electron chi connectivity index (χ3n) is 8.93. The molecule has 2 aromatic heterocycles. The Morgan fingerprint density at radius 1 is 0.453 bits per heavy atom. The second-order valence-electron chi connectivity index (χ2n) is 11.8. The van der Waals surface area contributed by atoms with Gasteiger partial charge in [0.2, 0.25) is 0 Å². The first-order valence-electron chi connectivity index (χ1n) is 29.8. The van der Waals surface area contributed by atoms with Gasteiger partial charge in [-0.3, -0.25) is 0 Å². The predicted octanol–water partition coefficient (Wildman–Crippen LogP) is 11.3. The number of aromatic nitrogens is 1. The Balaban J connectivity index is 1.23. The molecule has 0 radical (unpaired) electrons. The van der Waals surface area contributed by atoms with E-state index < -0.39 is 282 Å². The summed E-state index contributed by atoms with van der Waals surface area (Å²) in [6.45, 7) is -1.91. The zero-order valence-corrected chi connectivity index (χ0v) is 26.2. The van der Waals surface area contributed by atoms with Crippen LogP contribution in [-0.4, -0.2) is 11.5 Å². The van der Waals surface area contributed by atoms with E-state index in [0.717, 1.165) is 4.57 Å². The monoisotopic (exact) mass is 705 g/mol. The highest BCUT2D eigenvalue weighted by Crippen LogP contribution is 2.44. The SMILES string of the molecule is [2H]c1c([2H])c([2H])c2c(c1[2H])Oc1c([2H])c(-c3c([2H])c([2H])c([2H])c(-n4c5c([2H])c([2H])c([2H])c([2H])c5c5c([2H])c([2H])c([2H])c([2H])c54)c3[2H])c([2H])c3c1B2Oc1c([2H])c(-c2c([2H])c([2H])c4oc5c([2H])c([2H])c([2H])c([2H])c5c4c2[2H])c([2H])c([2H])c1-3. The summed E-state index contributed by atoms with van der Waals surface area (Å²) < 4.78 is 272. The molecule has 0 spiro atoms. The fourth-order valence-electron chi connectivity index (χ4n) is 6.65. The molecule has 2 aliphatic rings. The average molecular weight is 706 g/mol. The van der Waals surface area contributed by atoms with E-state index in [1.165, 1.54) is 0 Å². The van der Waals surface area contributed by atoms with Crippen molar-refractivity contribution in [1.29, 1.82) is 0 Å². The molecule has 0 bridgehead atoms. The smallest absolute Gasteiger partial charge is 0.434 e. The van der Waals surface area contributed by atoms with E-state index in [9.17, 15) is 13.7 Å². The molecule has 0 saturated heterocycles. The highest BCUT2D eigenvalue weighted by Gasteiger charge is 2.41. The first-order valence-corrected chi connectivity index (χ1v) is 15.8. The Hall–Kier alpha value is -6.98. The van der Waals surface area contributed by atoms with E-state index >= 15 is 0 Å². The van der Waals surface area contributed by atoms with E-state index in [1.807, 2.05) is 0 Å². The lowest BCUT2D eigenvalue weighted by Crippen LogP contribution is -2.53. The standard InChI is InChI=1S/C48H28BNO3/c1-5-16-41-34(12-1)35-13-2-6-17-42(35)50(41)33-11-9-10-29(24-33)32-26-39-37-22-20-31(30-21-23-44-38(25-30)36-14-3-7-18-43(36)51-44)27-46(37)53-49-40-15-4-8-19-45(40)52-47(28-32)48(39)49/h1-28H/i1D,2D,3D,4D,5D,6D,7D,8D,9D,10D,11D,12D,13D,14D,15D,16D,17D,18D,19D,20D,21D,22D,23D,24D,25D,26D,27D,28D. The van der Waals surface area contributed by atoms with Gasteiger partial charge < -0.3 is 18.4 Å². The third-order valence-corrected chi connectivity index (χ3v) is 8.93. The van der Waals surface area contributed by atoms with Gasteiger partial charge in [-0.1, -0.05) is 103 Å². The second kappa shape index (κ2) is 10.8. The van der Waals surface area contributed by atoms with Gasteiger partial charge in [-0.15, -0.1) is 0 Å². The van der Waals surface area contributed by atoms with E-state index in [2.05, 4.69) is 0 Å². The maximum Gasteiger partial charge on any atom is 0.434 e. The molecule has 4 nitrogen and oxygen atoms in total. The van der Waals surface area contributed by atoms with E-state index in [-0.39, 0.29) is 5.39 Å². The number of furan rings is 1. The van der Waals surface area contributed by atoms with Crippen LogP contribution in [0.25, 0.3) is 82.8 Å². The number of hydrogen-bond donors (Lipinski definition) is 0. The van der Waals surface area contributed by atoms with Gasteiger partial charge in [0, 0.05) is 43.7 Å². The molecule has 0 amide bonds. The van der Waals surface area contributed by atoms with Gasteiger partial charge >= 0.3 is 6.92 Å². The summed E-state index contributed by atoms with van der Waals surface area (Å²) in [7, 11) is 0. The van der Waals surface area contributed by atoms with Crippen LogP contribution in [0, 0.1) is 0 Å². The molecule has 10 aromatic rings. The number of rotatable bonds is 3. The Morgan fingerprint density at radius 2 is 1.13 bits per heavy atom. The number of para-hydroxylation sites is 4. The minimum absolute atomic E-state index is 0.381. The zero-order chi connectivity index (χ0) is 59.0. The summed E-state index contributed by atoms with van der Waals surface area (Å²) in [6, 6.07) is -24.2. The van der Waals surface area contributed by atoms with Gasteiger partial charge in [0.15, 0.2) is 0 Å². The number of benzene rings is 8. The van der Waals surface area contributed by atoms with Crippen LogP contribution < -0.4 is 20.3 Å². The average Bonchev–Trinajstić information content (AvgIpc) is 3.59. The van der Waals surface area contributed by atoms with Crippen molar-refractivity contribution in [2.45, 2.75) is 0 Å². The molecule has 4 heterocycles. The number of hydrogen-bond acceptors (Lipinski definition) is 3. The van der Waals surface area contributed by atoms with Crippen LogP contribution in [0.5, 0.6) is 17.2 Å². The predicted molar refractivity (Wildman–Crippen MR) is 217 cm³/mol. The third kappa shape index (κ3) is 4.19. The molecular formula is C48H28BNO3. The van der Waals surface area contributed by atoms with Crippen LogP contribution in [0.3, 0.4) is 0 Å². The van der Waals surface area contributed by atoms with E-state index in [4.69, 9.17) is 38.5 Å². The lowest BCUT2D eigenvalue weighted by Gasteiger charge is -2.33. The van der Waals surface area contributed by atoms with Crippen molar-refractivity contribution in [2.24, 2.45) is 0 Å². The summed E-state index contributed by atoms with van der Waals surface area (Å²) in [5.74, 6) is -2.13. The van der Waals surface area contributed by atoms with Crippen LogP contribution in [0.2, 0.25) is 0 Å². The summed E-state index contributed by atoms with van der Waals surface area (Å²) in [5.41, 5.74) is -8.27. The Bertz CT molecular complexity index is 4690. The van der Waals surface area contributed by atoms with Crippen LogP contribution in [0.4, 0.5) is 0 Å². The first-order chi connectivity index (χ1) is 37.9. The van der Waals surface area contributed by atoms with Crippen molar-refractivity contribution in [3.8, 4) is 56.3 Å². The minimum Gasteiger partial charge on any atom is -0.551 e. The molecule has 0 aliphatic carbocycles. The highest BCUT2D eigenvalue weighted by molar-refractivity contribution is 6.84. The van der Waals surface area contributed by atoms with Crippen molar-refractivity contribution in [3.63, 3.8) is 0 Å². The molecule has 0 unspecified atom stereocenters. The Kier molecular flexibility index (Phi) is 2.62. The Morgan fingerprint density at radius 3 is 2.00 bits per heavy atom. The van der Waals surface area contributed by atoms with Crippen LogP contribution >= 0.6 is 0 Å². The van der Waals surface area contributed by atoms with E-state index in [1.54, 1.807) is 0 Å².